The van der Waals surface area contributed by atoms with Crippen LogP contribution < -0.4 is 10.2 Å². The Morgan fingerprint density at radius 2 is 2.06 bits per heavy atom. The van der Waals surface area contributed by atoms with E-state index in [1.165, 1.54) is 22.6 Å². The number of anilines is 1. The van der Waals surface area contributed by atoms with E-state index in [-0.39, 0.29) is 17.7 Å². The number of likely N-dealkylation sites (N-methyl/N-ethyl adjacent to an activating group) is 1. The van der Waals surface area contributed by atoms with Gasteiger partial charge in [0.05, 0.1) is 0 Å². The highest BCUT2D eigenvalue weighted by Gasteiger charge is 2.30. The molecule has 1 saturated heterocycles. The second-order valence-corrected chi connectivity index (χ2v) is 9.45. The first-order valence-electron chi connectivity index (χ1n) is 11.0. The first-order chi connectivity index (χ1) is 15.6. The Bertz CT molecular complexity index is 1140. The molecule has 1 N–H and O–H groups in total. The third-order valence-electron chi connectivity index (χ3n) is 6.25. The highest BCUT2D eigenvalue weighted by molar-refractivity contribution is 7.13. The van der Waals surface area contributed by atoms with Crippen LogP contribution in [0, 0.1) is 5.92 Å². The second kappa shape index (κ2) is 8.74. The van der Waals surface area contributed by atoms with Crippen LogP contribution in [0.3, 0.4) is 0 Å². The first-order valence-corrected chi connectivity index (χ1v) is 11.8. The van der Waals surface area contributed by atoms with Gasteiger partial charge in [0.25, 0.3) is 5.91 Å². The summed E-state index contributed by atoms with van der Waals surface area (Å²) in [6.45, 7) is 2.81. The Kier molecular flexibility index (Phi) is 5.66. The van der Waals surface area contributed by atoms with Gasteiger partial charge in [-0.2, -0.15) is 0 Å². The molecule has 5 rings (SSSR count). The predicted molar refractivity (Wildman–Crippen MR) is 127 cm³/mol. The van der Waals surface area contributed by atoms with Crippen LogP contribution in [0.25, 0.3) is 10.6 Å². The van der Waals surface area contributed by atoms with Gasteiger partial charge in [-0.1, -0.05) is 30.3 Å². The lowest BCUT2D eigenvalue weighted by Gasteiger charge is -2.17. The molecule has 1 fully saturated rings. The number of hydrogen-bond donors (Lipinski definition) is 1. The Hall–Kier alpha value is -3.19. The van der Waals surface area contributed by atoms with Gasteiger partial charge in [-0.25, -0.2) is 4.98 Å². The summed E-state index contributed by atoms with van der Waals surface area (Å²) in [7, 11) is 2.11. The van der Waals surface area contributed by atoms with Crippen LogP contribution in [0.5, 0.6) is 0 Å². The normalized spacial score (nSPS) is 17.7. The van der Waals surface area contributed by atoms with Gasteiger partial charge in [0.2, 0.25) is 5.91 Å². The maximum Gasteiger partial charge on any atom is 0.270 e. The highest BCUT2D eigenvalue weighted by atomic mass is 32.1. The summed E-state index contributed by atoms with van der Waals surface area (Å²) in [5.74, 6) is 0.0932. The minimum atomic E-state index is -0.178. The van der Waals surface area contributed by atoms with Crippen molar-refractivity contribution in [2.75, 3.05) is 31.6 Å². The van der Waals surface area contributed by atoms with Gasteiger partial charge >= 0.3 is 0 Å². The van der Waals surface area contributed by atoms with Crippen LogP contribution in [0.1, 0.15) is 28.0 Å². The van der Waals surface area contributed by atoms with Crippen LogP contribution in [-0.2, 0) is 17.8 Å². The maximum atomic E-state index is 12.7. The Morgan fingerprint density at radius 3 is 2.91 bits per heavy atom. The van der Waals surface area contributed by atoms with E-state index in [9.17, 15) is 9.59 Å². The third kappa shape index (κ3) is 4.25. The molecule has 6 nitrogen and oxygen atoms in total. The summed E-state index contributed by atoms with van der Waals surface area (Å²) in [6.07, 6.45) is 1.51. The lowest BCUT2D eigenvalue weighted by molar-refractivity contribution is -0.128. The number of benzene rings is 2. The number of carbonyl (C=O) groups is 2. The van der Waals surface area contributed by atoms with Gasteiger partial charge in [0.15, 0.2) is 0 Å². The SMILES string of the molecule is CN1CCc2cc(-c3nc(C(=O)NCC4CC(=O)N(Cc5ccccc5)C4)cs3)ccc21. The number of rotatable bonds is 6. The molecule has 2 aliphatic heterocycles. The zero-order valence-electron chi connectivity index (χ0n) is 18.1. The summed E-state index contributed by atoms with van der Waals surface area (Å²) >= 11 is 1.49. The number of thiazole rings is 1. The lowest BCUT2D eigenvalue weighted by atomic mass is 10.1. The van der Waals surface area contributed by atoms with Crippen molar-refractivity contribution >= 4 is 28.8 Å². The minimum absolute atomic E-state index is 0.127. The standard InChI is InChI=1S/C25H26N4O2S/c1-28-10-9-19-12-20(7-8-22(19)28)25-27-21(16-32-25)24(31)26-13-18-11-23(30)29(15-18)14-17-5-3-2-4-6-17/h2-8,12,16,18H,9-11,13-15H2,1H3,(H,26,31). The molecule has 3 aromatic rings. The predicted octanol–water partition coefficient (Wildman–Crippen LogP) is 3.58. The molecule has 0 bridgehead atoms. The Labute approximate surface area is 191 Å². The van der Waals surface area contributed by atoms with Crippen molar-refractivity contribution in [1.29, 1.82) is 0 Å². The average molecular weight is 447 g/mol. The fourth-order valence-corrected chi connectivity index (χ4v) is 5.28. The molecular weight excluding hydrogens is 420 g/mol. The van der Waals surface area contributed by atoms with Crippen LogP contribution in [0.15, 0.2) is 53.9 Å². The van der Waals surface area contributed by atoms with Crippen LogP contribution in [0.4, 0.5) is 5.69 Å². The fraction of sp³-hybridized carbons (Fsp3) is 0.320. The zero-order valence-corrected chi connectivity index (χ0v) is 18.9. The monoisotopic (exact) mass is 446 g/mol. The molecule has 0 saturated carbocycles. The van der Waals surface area contributed by atoms with Crippen molar-refractivity contribution in [2.45, 2.75) is 19.4 Å². The van der Waals surface area contributed by atoms with Crippen molar-refractivity contribution in [3.8, 4) is 10.6 Å². The molecule has 0 spiro atoms. The largest absolute Gasteiger partial charge is 0.374 e. The van der Waals surface area contributed by atoms with Gasteiger partial charge in [-0.05, 0) is 35.7 Å². The van der Waals surface area contributed by atoms with E-state index in [1.807, 2.05) is 40.6 Å². The summed E-state index contributed by atoms with van der Waals surface area (Å²) < 4.78 is 0. The molecule has 1 atom stereocenters. The van der Waals surface area contributed by atoms with Gasteiger partial charge in [0.1, 0.15) is 10.7 Å². The molecule has 2 amide bonds. The topological polar surface area (TPSA) is 65.5 Å². The van der Waals surface area contributed by atoms with Gasteiger partial charge in [-0.3, -0.25) is 9.59 Å². The molecule has 1 unspecified atom stereocenters. The van der Waals surface area contributed by atoms with Gasteiger partial charge in [0, 0.05) is 62.2 Å². The fourth-order valence-electron chi connectivity index (χ4n) is 4.49. The maximum absolute atomic E-state index is 12.7. The Balaban J connectivity index is 1.17. The smallest absolute Gasteiger partial charge is 0.270 e. The molecule has 32 heavy (non-hydrogen) atoms. The number of aromatic nitrogens is 1. The van der Waals surface area contributed by atoms with Gasteiger partial charge < -0.3 is 15.1 Å². The summed E-state index contributed by atoms with van der Waals surface area (Å²) in [6, 6.07) is 16.4. The molecule has 0 radical (unpaired) electrons. The van der Waals surface area contributed by atoms with Crippen LogP contribution in [-0.4, -0.2) is 48.4 Å². The minimum Gasteiger partial charge on any atom is -0.374 e. The van der Waals surface area contributed by atoms with Crippen molar-refractivity contribution < 1.29 is 9.59 Å². The lowest BCUT2D eigenvalue weighted by Crippen LogP contribution is -2.31. The number of carbonyl (C=O) groups excluding carboxylic acids is 2. The zero-order chi connectivity index (χ0) is 22.1. The van der Waals surface area contributed by atoms with Crippen LogP contribution >= 0.6 is 11.3 Å². The molecule has 2 aliphatic rings. The molecule has 2 aromatic carbocycles. The Morgan fingerprint density at radius 1 is 1.22 bits per heavy atom. The van der Waals surface area contributed by atoms with E-state index in [0.717, 1.165) is 29.1 Å². The van der Waals surface area contributed by atoms with E-state index in [2.05, 4.69) is 40.4 Å². The van der Waals surface area contributed by atoms with Crippen molar-refractivity contribution in [3.05, 3.63) is 70.7 Å². The van der Waals surface area contributed by atoms with E-state index >= 15 is 0 Å². The number of hydrogen-bond acceptors (Lipinski definition) is 5. The number of nitrogens with one attached hydrogen (secondary N) is 1. The molecule has 1 aromatic heterocycles. The quantitative estimate of drug-likeness (QED) is 0.629. The van der Waals surface area contributed by atoms with Crippen LogP contribution in [0.2, 0.25) is 0 Å². The van der Waals surface area contributed by atoms with Crippen molar-refractivity contribution in [3.63, 3.8) is 0 Å². The van der Waals surface area contributed by atoms with Gasteiger partial charge in [-0.15, -0.1) is 11.3 Å². The number of fused-ring (bicyclic) bond motifs is 1. The van der Waals surface area contributed by atoms with Crippen molar-refractivity contribution in [1.82, 2.24) is 15.2 Å². The highest BCUT2D eigenvalue weighted by Crippen LogP contribution is 2.32. The summed E-state index contributed by atoms with van der Waals surface area (Å²) in [5, 5.41) is 5.65. The van der Waals surface area contributed by atoms with E-state index in [1.54, 1.807) is 0 Å². The molecule has 0 aliphatic carbocycles. The van der Waals surface area contributed by atoms with Crippen molar-refractivity contribution in [2.24, 2.45) is 5.92 Å². The number of likely N-dealkylation sites (tertiary alicyclic amines) is 1. The first kappa shape index (κ1) is 20.7. The number of amides is 2. The number of nitrogens with zero attached hydrogens (tertiary/aromatic N) is 3. The third-order valence-corrected chi connectivity index (χ3v) is 7.14. The molecular formula is C25H26N4O2S. The van der Waals surface area contributed by atoms with E-state index < -0.39 is 0 Å². The second-order valence-electron chi connectivity index (χ2n) is 8.59. The summed E-state index contributed by atoms with van der Waals surface area (Å²) in [5.41, 5.74) is 5.22. The molecule has 164 valence electrons. The van der Waals surface area contributed by atoms with E-state index in [4.69, 9.17) is 0 Å². The molecule has 3 heterocycles. The van der Waals surface area contributed by atoms with E-state index in [0.29, 0.717) is 31.7 Å². The average Bonchev–Trinajstić information content (AvgIpc) is 3.52. The molecule has 7 heteroatoms. The summed E-state index contributed by atoms with van der Waals surface area (Å²) in [4.78, 5) is 33.7.